The van der Waals surface area contributed by atoms with Crippen molar-refractivity contribution in [1.82, 2.24) is 10.2 Å². The third kappa shape index (κ3) is 9.17. The zero-order valence-electron chi connectivity index (χ0n) is 26.9. The van der Waals surface area contributed by atoms with Gasteiger partial charge in [-0.15, -0.1) is 0 Å². The zero-order chi connectivity index (χ0) is 34.1. The number of carbonyl (C=O) groups is 4. The third-order valence-electron chi connectivity index (χ3n) is 8.10. The van der Waals surface area contributed by atoms with Crippen LogP contribution in [-0.2, 0) is 16.0 Å². The summed E-state index contributed by atoms with van der Waals surface area (Å²) in [4.78, 5) is 54.6. The SMILES string of the molecule is COC(=O)[C@H](Cc1ccc(NC(=O)c2c(Cl)cccc2Cl)cc1)NC(=O)Nc1cc(OC)ccc1C(=O)N(C(C)C)C1CCCCC1. The Labute approximate surface area is 285 Å². The molecule has 1 saturated carbocycles. The Kier molecular flexibility index (Phi) is 12.5. The van der Waals surface area contributed by atoms with E-state index in [1.54, 1.807) is 60.7 Å². The minimum atomic E-state index is -1.05. The van der Waals surface area contributed by atoms with Crippen molar-refractivity contribution in [2.75, 3.05) is 24.9 Å². The zero-order valence-corrected chi connectivity index (χ0v) is 28.4. The van der Waals surface area contributed by atoms with E-state index in [4.69, 9.17) is 32.7 Å². The van der Waals surface area contributed by atoms with Crippen molar-refractivity contribution in [2.45, 2.75) is 70.5 Å². The molecule has 0 bridgehead atoms. The molecule has 250 valence electrons. The monoisotopic (exact) mass is 682 g/mol. The van der Waals surface area contributed by atoms with E-state index in [1.165, 1.54) is 14.2 Å². The van der Waals surface area contributed by atoms with Crippen molar-refractivity contribution in [1.29, 1.82) is 0 Å². The number of methoxy groups -OCH3 is 2. The molecule has 1 aliphatic carbocycles. The number of hydrogen-bond donors (Lipinski definition) is 3. The summed E-state index contributed by atoms with van der Waals surface area (Å²) in [5.41, 5.74) is 1.91. The molecule has 12 heteroatoms. The molecule has 0 unspecified atom stereocenters. The van der Waals surface area contributed by atoms with E-state index in [1.807, 2.05) is 18.7 Å². The van der Waals surface area contributed by atoms with Gasteiger partial charge in [-0.25, -0.2) is 9.59 Å². The van der Waals surface area contributed by atoms with Crippen LogP contribution in [0.3, 0.4) is 0 Å². The van der Waals surface area contributed by atoms with Crippen LogP contribution < -0.4 is 20.7 Å². The van der Waals surface area contributed by atoms with Crippen LogP contribution >= 0.6 is 23.2 Å². The normalized spacial score (nSPS) is 13.8. The van der Waals surface area contributed by atoms with Gasteiger partial charge < -0.3 is 30.3 Å². The van der Waals surface area contributed by atoms with Crippen LogP contribution in [-0.4, -0.2) is 61.1 Å². The van der Waals surface area contributed by atoms with Gasteiger partial charge in [-0.2, -0.15) is 0 Å². The Hall–Kier alpha value is -4.28. The first kappa shape index (κ1) is 35.6. The largest absolute Gasteiger partial charge is 0.497 e. The van der Waals surface area contributed by atoms with E-state index < -0.39 is 23.9 Å². The smallest absolute Gasteiger partial charge is 0.328 e. The van der Waals surface area contributed by atoms with Crippen LogP contribution in [0.4, 0.5) is 16.2 Å². The van der Waals surface area contributed by atoms with Crippen molar-refractivity contribution >= 4 is 58.4 Å². The molecule has 0 aromatic heterocycles. The molecule has 0 spiro atoms. The number of urea groups is 1. The highest BCUT2D eigenvalue weighted by molar-refractivity contribution is 6.40. The van der Waals surface area contributed by atoms with Crippen molar-refractivity contribution in [3.05, 3.63) is 87.4 Å². The van der Waals surface area contributed by atoms with E-state index in [0.29, 0.717) is 22.6 Å². The Balaban J connectivity index is 1.48. The predicted molar refractivity (Wildman–Crippen MR) is 184 cm³/mol. The maximum absolute atomic E-state index is 13.9. The summed E-state index contributed by atoms with van der Waals surface area (Å²) in [6.45, 7) is 3.98. The van der Waals surface area contributed by atoms with Gasteiger partial charge in [0.25, 0.3) is 11.8 Å². The van der Waals surface area contributed by atoms with E-state index in [0.717, 1.165) is 32.1 Å². The average Bonchev–Trinajstić information content (AvgIpc) is 3.05. The lowest BCUT2D eigenvalue weighted by Gasteiger charge is -2.37. The second-order valence-corrected chi connectivity index (χ2v) is 12.4. The number of amides is 4. The summed E-state index contributed by atoms with van der Waals surface area (Å²) < 4.78 is 10.3. The average molecular weight is 684 g/mol. The fraction of sp³-hybridized carbons (Fsp3) is 0.371. The molecule has 3 aromatic rings. The Bertz CT molecular complexity index is 1570. The molecule has 47 heavy (non-hydrogen) atoms. The van der Waals surface area contributed by atoms with E-state index in [2.05, 4.69) is 16.0 Å². The number of hydrogen-bond acceptors (Lipinski definition) is 6. The number of nitrogens with zero attached hydrogens (tertiary/aromatic N) is 1. The van der Waals surface area contributed by atoms with Crippen LogP contribution in [0, 0.1) is 0 Å². The maximum atomic E-state index is 13.9. The highest BCUT2D eigenvalue weighted by Crippen LogP contribution is 2.30. The molecule has 1 fully saturated rings. The first-order valence-corrected chi connectivity index (χ1v) is 16.3. The summed E-state index contributed by atoms with van der Waals surface area (Å²) in [6.07, 6.45) is 5.27. The molecule has 0 radical (unpaired) electrons. The molecule has 10 nitrogen and oxygen atoms in total. The fourth-order valence-corrected chi connectivity index (χ4v) is 6.35. The number of halogens is 2. The topological polar surface area (TPSA) is 126 Å². The Morgan fingerprint density at radius 2 is 1.55 bits per heavy atom. The molecule has 1 aliphatic rings. The number of ether oxygens (including phenoxy) is 2. The van der Waals surface area contributed by atoms with Crippen LogP contribution in [0.15, 0.2) is 60.7 Å². The van der Waals surface area contributed by atoms with E-state index in [9.17, 15) is 19.2 Å². The van der Waals surface area contributed by atoms with Gasteiger partial charge in [0.2, 0.25) is 0 Å². The van der Waals surface area contributed by atoms with Gasteiger partial charge in [0.1, 0.15) is 11.8 Å². The number of benzene rings is 3. The summed E-state index contributed by atoms with van der Waals surface area (Å²) in [5, 5.41) is 8.64. The standard InChI is InChI=1S/C35H40Cl2N4O6/c1-21(2)41(24-9-6-5-7-10-24)33(43)26-18-17-25(46-3)20-29(26)39-35(45)40-30(34(44)47-4)19-22-13-15-23(16-14-22)38-32(42)31-27(36)11-8-12-28(31)37/h8,11-18,20-21,24,30H,5-7,9-10,19H2,1-4H3,(H,38,42)(H2,39,40,45)/t30-/m0/s1. The van der Waals surface area contributed by atoms with Gasteiger partial charge in [0, 0.05) is 30.3 Å². The lowest BCUT2D eigenvalue weighted by Crippen LogP contribution is -2.47. The fourth-order valence-electron chi connectivity index (χ4n) is 5.78. The first-order valence-electron chi connectivity index (χ1n) is 15.5. The second kappa shape index (κ2) is 16.5. The maximum Gasteiger partial charge on any atom is 0.328 e. The number of rotatable bonds is 11. The molecule has 0 heterocycles. The minimum Gasteiger partial charge on any atom is -0.497 e. The van der Waals surface area contributed by atoms with Crippen molar-refractivity contribution < 1.29 is 28.7 Å². The lowest BCUT2D eigenvalue weighted by molar-refractivity contribution is -0.142. The quantitative estimate of drug-likeness (QED) is 0.182. The number of carbonyl (C=O) groups excluding carboxylic acids is 4. The highest BCUT2D eigenvalue weighted by atomic mass is 35.5. The number of esters is 1. The van der Waals surface area contributed by atoms with Gasteiger partial charge in [-0.05, 0) is 68.7 Å². The van der Waals surface area contributed by atoms with Crippen molar-refractivity contribution in [2.24, 2.45) is 0 Å². The van der Waals surface area contributed by atoms with Gasteiger partial charge in [0.15, 0.2) is 0 Å². The van der Waals surface area contributed by atoms with E-state index >= 15 is 0 Å². The lowest BCUT2D eigenvalue weighted by atomic mass is 9.92. The molecule has 1 atom stereocenters. The summed E-state index contributed by atoms with van der Waals surface area (Å²) in [5.74, 6) is -0.849. The summed E-state index contributed by atoms with van der Waals surface area (Å²) >= 11 is 12.3. The highest BCUT2D eigenvalue weighted by Gasteiger charge is 2.30. The van der Waals surface area contributed by atoms with Crippen LogP contribution in [0.1, 0.15) is 72.2 Å². The molecular weight excluding hydrogens is 643 g/mol. The van der Waals surface area contributed by atoms with Crippen molar-refractivity contribution in [3.63, 3.8) is 0 Å². The minimum absolute atomic E-state index is 0.0354. The van der Waals surface area contributed by atoms with Crippen LogP contribution in [0.25, 0.3) is 0 Å². The summed E-state index contributed by atoms with van der Waals surface area (Å²) in [7, 11) is 2.73. The Morgan fingerprint density at radius 1 is 0.894 bits per heavy atom. The van der Waals surface area contributed by atoms with Gasteiger partial charge in [0.05, 0.1) is 41.1 Å². The molecular formula is C35H40Cl2N4O6. The van der Waals surface area contributed by atoms with Gasteiger partial charge in [-0.3, -0.25) is 9.59 Å². The molecule has 0 saturated heterocycles. The number of nitrogens with one attached hydrogen (secondary N) is 3. The molecule has 3 N–H and O–H groups in total. The van der Waals surface area contributed by atoms with Crippen LogP contribution in [0.5, 0.6) is 5.75 Å². The summed E-state index contributed by atoms with van der Waals surface area (Å²) in [6, 6.07) is 14.8. The predicted octanol–water partition coefficient (Wildman–Crippen LogP) is 7.34. The molecule has 3 aromatic carbocycles. The first-order chi connectivity index (χ1) is 22.5. The van der Waals surface area contributed by atoms with Gasteiger partial charge >= 0.3 is 12.0 Å². The van der Waals surface area contributed by atoms with Crippen LogP contribution in [0.2, 0.25) is 10.0 Å². The molecule has 4 rings (SSSR count). The third-order valence-corrected chi connectivity index (χ3v) is 8.73. The van der Waals surface area contributed by atoms with Crippen molar-refractivity contribution in [3.8, 4) is 5.75 Å². The van der Waals surface area contributed by atoms with Gasteiger partial charge in [-0.1, -0.05) is 60.7 Å². The molecule has 4 amide bonds. The molecule has 0 aliphatic heterocycles. The van der Waals surface area contributed by atoms with E-state index in [-0.39, 0.29) is 45.7 Å². The number of anilines is 2. The Morgan fingerprint density at radius 3 is 2.15 bits per heavy atom. The second-order valence-electron chi connectivity index (χ2n) is 11.6.